The van der Waals surface area contributed by atoms with Gasteiger partial charge < -0.3 is 9.88 Å². The van der Waals surface area contributed by atoms with Crippen LogP contribution in [0, 0.1) is 52.1 Å². The lowest BCUT2D eigenvalue weighted by molar-refractivity contribution is -0.120. The topological polar surface area (TPSA) is 83.6 Å². The Morgan fingerprint density at radius 2 is 2.10 bits per heavy atom. The maximum absolute atomic E-state index is 13.8. The third-order valence-electron chi connectivity index (χ3n) is 7.77. The Morgan fingerprint density at radius 1 is 1.29 bits per heavy atom. The van der Waals surface area contributed by atoms with Crippen LogP contribution in [-0.2, 0) is 4.79 Å². The summed E-state index contributed by atoms with van der Waals surface area (Å²) in [5.74, 6) is -0.261. The molecule has 3 unspecified atom stereocenters. The van der Waals surface area contributed by atoms with Crippen LogP contribution in [0.25, 0.3) is 11.0 Å². The molecular formula is C23H19F2N5O. The van der Waals surface area contributed by atoms with Gasteiger partial charge in [-0.05, 0) is 48.1 Å². The van der Waals surface area contributed by atoms with E-state index in [0.29, 0.717) is 40.2 Å². The number of pyridine rings is 1. The van der Waals surface area contributed by atoms with E-state index in [1.165, 1.54) is 12.3 Å². The summed E-state index contributed by atoms with van der Waals surface area (Å²) < 4.78 is 29.3. The summed E-state index contributed by atoms with van der Waals surface area (Å²) in [6.07, 6.45) is 5.11. The molecule has 1 aromatic carbocycles. The predicted octanol–water partition coefficient (Wildman–Crippen LogP) is 4.05. The van der Waals surface area contributed by atoms with E-state index < -0.39 is 11.6 Å². The number of nitrogens with zero attached hydrogens (tertiary/aromatic N) is 4. The van der Waals surface area contributed by atoms with Gasteiger partial charge in [-0.3, -0.25) is 4.79 Å². The number of fused-ring (bicyclic) bond motifs is 1. The van der Waals surface area contributed by atoms with Crippen LogP contribution in [0.2, 0.25) is 0 Å². The zero-order valence-corrected chi connectivity index (χ0v) is 16.7. The number of benzene rings is 1. The molecular weight excluding hydrogens is 400 g/mol. The Morgan fingerprint density at radius 3 is 2.77 bits per heavy atom. The maximum atomic E-state index is 13.8. The maximum Gasteiger partial charge on any atom is 0.228 e. The average Bonchev–Trinajstić information content (AvgIpc) is 3.56. The second-order valence-corrected chi connectivity index (χ2v) is 9.09. The molecule has 2 aromatic heterocycles. The van der Waals surface area contributed by atoms with Gasteiger partial charge in [0, 0.05) is 30.3 Å². The summed E-state index contributed by atoms with van der Waals surface area (Å²) in [5, 5.41) is 11.7. The highest BCUT2D eigenvalue weighted by Gasteiger charge is 2.84. The van der Waals surface area contributed by atoms with Crippen LogP contribution in [0.5, 0.6) is 0 Å². The molecule has 1 N–H and O–H groups in total. The molecule has 3 aliphatic rings. The molecule has 0 bridgehead atoms. The molecule has 156 valence electrons. The fourth-order valence-electron chi connectivity index (χ4n) is 6.34. The summed E-state index contributed by atoms with van der Waals surface area (Å²) in [7, 11) is 0. The van der Waals surface area contributed by atoms with Crippen molar-refractivity contribution in [3.05, 3.63) is 54.0 Å². The number of imidazole rings is 1. The van der Waals surface area contributed by atoms with Gasteiger partial charge in [0.05, 0.1) is 22.9 Å². The number of halogens is 2. The molecule has 8 heteroatoms. The monoisotopic (exact) mass is 419 g/mol. The third-order valence-corrected chi connectivity index (χ3v) is 7.77. The summed E-state index contributed by atoms with van der Waals surface area (Å²) in [4.78, 5) is 21.2. The lowest BCUT2D eigenvalue weighted by Crippen LogP contribution is -2.25. The number of aromatic nitrogens is 3. The van der Waals surface area contributed by atoms with Crippen LogP contribution in [0.15, 0.2) is 36.8 Å². The first-order valence-corrected chi connectivity index (χ1v) is 10.4. The summed E-state index contributed by atoms with van der Waals surface area (Å²) in [6, 6.07) is 7.86. The van der Waals surface area contributed by atoms with Crippen molar-refractivity contribution in [3.63, 3.8) is 0 Å². The predicted molar refractivity (Wildman–Crippen MR) is 108 cm³/mol. The Bertz CT molecular complexity index is 1280. The van der Waals surface area contributed by atoms with Crippen molar-refractivity contribution in [3.8, 4) is 6.07 Å². The van der Waals surface area contributed by atoms with E-state index in [9.17, 15) is 13.6 Å². The largest absolute Gasteiger partial charge is 0.327 e. The second-order valence-electron chi connectivity index (χ2n) is 9.09. The van der Waals surface area contributed by atoms with Crippen LogP contribution >= 0.6 is 0 Å². The molecule has 6 nitrogen and oxygen atoms in total. The molecule has 6 atom stereocenters. The molecule has 3 aliphatic carbocycles. The molecule has 1 amide bonds. The van der Waals surface area contributed by atoms with Crippen molar-refractivity contribution >= 4 is 22.8 Å². The zero-order chi connectivity index (χ0) is 21.5. The molecule has 0 saturated heterocycles. The van der Waals surface area contributed by atoms with Gasteiger partial charge in [0.2, 0.25) is 5.91 Å². The first-order chi connectivity index (χ1) is 14.9. The molecule has 6 rings (SSSR count). The number of nitriles is 1. The quantitative estimate of drug-likeness (QED) is 0.692. The number of hydrogen-bond acceptors (Lipinski definition) is 4. The van der Waals surface area contributed by atoms with Crippen molar-refractivity contribution in [2.75, 3.05) is 5.32 Å². The van der Waals surface area contributed by atoms with Crippen molar-refractivity contribution in [1.82, 2.24) is 14.5 Å². The molecule has 0 aliphatic heterocycles. The minimum Gasteiger partial charge on any atom is -0.327 e. The van der Waals surface area contributed by atoms with E-state index in [1.807, 2.05) is 17.6 Å². The van der Waals surface area contributed by atoms with Crippen molar-refractivity contribution in [2.24, 2.45) is 29.1 Å². The third kappa shape index (κ3) is 2.49. The molecule has 31 heavy (non-hydrogen) atoms. The molecule has 1 spiro atoms. The molecule has 2 heterocycles. The SMILES string of the molecule is CC(C(=O)Nc1ccc(C#N)cn1)[C@H]1[C@@H]2C[C@@H](n3cnc4cc(F)c(F)cc43)C3CC321. The van der Waals surface area contributed by atoms with Crippen LogP contribution in [-0.4, -0.2) is 20.4 Å². The number of hydrogen-bond donors (Lipinski definition) is 1. The van der Waals surface area contributed by atoms with Gasteiger partial charge in [-0.1, -0.05) is 6.92 Å². The summed E-state index contributed by atoms with van der Waals surface area (Å²) >= 11 is 0. The van der Waals surface area contributed by atoms with Gasteiger partial charge in [-0.2, -0.15) is 5.26 Å². The van der Waals surface area contributed by atoms with E-state index in [4.69, 9.17) is 5.26 Å². The Balaban J connectivity index is 1.17. The van der Waals surface area contributed by atoms with E-state index >= 15 is 0 Å². The van der Waals surface area contributed by atoms with Crippen LogP contribution in [0.1, 0.15) is 31.4 Å². The Labute approximate surface area is 176 Å². The van der Waals surface area contributed by atoms with Gasteiger partial charge in [0.15, 0.2) is 11.6 Å². The second kappa shape index (κ2) is 6.10. The molecule has 3 fully saturated rings. The van der Waals surface area contributed by atoms with Crippen molar-refractivity contribution < 1.29 is 13.6 Å². The number of carbonyl (C=O) groups excluding carboxylic acids is 1. The molecule has 0 radical (unpaired) electrons. The van der Waals surface area contributed by atoms with Gasteiger partial charge in [0.25, 0.3) is 0 Å². The fourth-order valence-corrected chi connectivity index (χ4v) is 6.34. The first kappa shape index (κ1) is 18.4. The lowest BCUT2D eigenvalue weighted by atomic mass is 9.96. The molecule has 3 saturated carbocycles. The van der Waals surface area contributed by atoms with E-state index in [0.717, 1.165) is 18.9 Å². The zero-order valence-electron chi connectivity index (χ0n) is 16.7. The highest BCUT2D eigenvalue weighted by Crippen LogP contribution is 2.89. The van der Waals surface area contributed by atoms with Gasteiger partial charge in [-0.25, -0.2) is 18.7 Å². The Hall–Kier alpha value is -3.34. The average molecular weight is 419 g/mol. The summed E-state index contributed by atoms with van der Waals surface area (Å²) in [5.41, 5.74) is 1.73. The lowest BCUT2D eigenvalue weighted by Gasteiger charge is -2.20. The standard InChI is InChI=1S/C23H19F2N5O/c1-11(22(31)29-20-3-2-12(8-26)9-27-20)21-13-4-18(14-7-23(13,14)21)30-10-28-17-5-15(24)16(25)6-19(17)30/h2-3,5-6,9-11,13-14,18,21H,4,7H2,1H3,(H,27,29,31)/t11?,13-,14?,18+,21-,23?/m0/s1. The van der Waals surface area contributed by atoms with Crippen LogP contribution < -0.4 is 5.32 Å². The number of nitrogens with one attached hydrogen (secondary N) is 1. The van der Waals surface area contributed by atoms with Gasteiger partial charge in [-0.15, -0.1) is 0 Å². The number of carbonyl (C=O) groups is 1. The summed E-state index contributed by atoms with van der Waals surface area (Å²) in [6.45, 7) is 1.96. The number of rotatable bonds is 4. The van der Waals surface area contributed by atoms with Crippen molar-refractivity contribution in [2.45, 2.75) is 25.8 Å². The van der Waals surface area contributed by atoms with E-state index in [-0.39, 0.29) is 23.3 Å². The highest BCUT2D eigenvalue weighted by molar-refractivity contribution is 5.92. The Kier molecular flexibility index (Phi) is 3.62. The number of anilines is 1. The minimum atomic E-state index is -0.883. The van der Waals surface area contributed by atoms with Gasteiger partial charge >= 0.3 is 0 Å². The normalized spacial score (nSPS) is 30.9. The smallest absolute Gasteiger partial charge is 0.228 e. The van der Waals surface area contributed by atoms with Crippen molar-refractivity contribution in [1.29, 1.82) is 5.26 Å². The van der Waals surface area contributed by atoms with Gasteiger partial charge in [0.1, 0.15) is 11.9 Å². The number of amides is 1. The van der Waals surface area contributed by atoms with E-state index in [1.54, 1.807) is 18.5 Å². The van der Waals surface area contributed by atoms with E-state index in [2.05, 4.69) is 15.3 Å². The fraction of sp³-hybridized carbons (Fsp3) is 0.391. The molecule has 3 aromatic rings. The highest BCUT2D eigenvalue weighted by atomic mass is 19.2. The van der Waals surface area contributed by atoms with Crippen LogP contribution in [0.4, 0.5) is 14.6 Å². The first-order valence-electron chi connectivity index (χ1n) is 10.4. The minimum absolute atomic E-state index is 0.0567. The van der Waals surface area contributed by atoms with Crippen LogP contribution in [0.3, 0.4) is 0 Å².